The minimum absolute atomic E-state index is 0.102. The van der Waals surface area contributed by atoms with Crippen molar-refractivity contribution < 1.29 is 4.79 Å². The van der Waals surface area contributed by atoms with Crippen LogP contribution < -0.4 is 5.32 Å². The molecule has 0 aliphatic heterocycles. The fourth-order valence-corrected chi connectivity index (χ4v) is 1.06. The van der Waals surface area contributed by atoms with Crippen molar-refractivity contribution in [1.29, 1.82) is 0 Å². The van der Waals surface area contributed by atoms with E-state index in [1.165, 1.54) is 0 Å². The molecule has 1 amide bonds. The maximum Gasteiger partial charge on any atom is 0.229 e. The zero-order valence-electron chi connectivity index (χ0n) is 8.52. The Kier molecular flexibility index (Phi) is 3.52. The van der Waals surface area contributed by atoms with E-state index in [2.05, 4.69) is 15.5 Å². The Labute approximate surface area is 88.0 Å². The molecule has 1 aromatic heterocycles. The van der Waals surface area contributed by atoms with E-state index in [0.717, 1.165) is 11.3 Å². The number of carbonyl (C=O) groups is 1. The van der Waals surface area contributed by atoms with Crippen LogP contribution in [0.15, 0.2) is 0 Å². The van der Waals surface area contributed by atoms with Gasteiger partial charge < -0.3 is 5.32 Å². The van der Waals surface area contributed by atoms with Gasteiger partial charge in [-0.05, 0) is 13.8 Å². The van der Waals surface area contributed by atoms with Gasteiger partial charge in [-0.15, -0.1) is 11.6 Å². The number of amides is 1. The van der Waals surface area contributed by atoms with E-state index in [-0.39, 0.29) is 11.8 Å². The van der Waals surface area contributed by atoms with Crippen molar-refractivity contribution in [2.24, 2.45) is 5.92 Å². The van der Waals surface area contributed by atoms with Crippen molar-refractivity contribution >= 4 is 23.3 Å². The molecular weight excluding hydrogens is 202 g/mol. The first-order chi connectivity index (χ1) is 6.56. The molecule has 0 radical (unpaired) electrons. The number of H-pyrrole nitrogens is 1. The second kappa shape index (κ2) is 4.46. The Morgan fingerprint density at radius 1 is 1.64 bits per heavy atom. The molecule has 14 heavy (non-hydrogen) atoms. The largest absolute Gasteiger partial charge is 0.309 e. The number of carbonyl (C=O) groups excluding carboxylic acids is 1. The van der Waals surface area contributed by atoms with E-state index in [0.29, 0.717) is 11.7 Å². The summed E-state index contributed by atoms with van der Waals surface area (Å²) in [6.07, 6.45) is 0. The summed E-state index contributed by atoms with van der Waals surface area (Å²) in [6, 6.07) is 0. The van der Waals surface area contributed by atoms with Crippen LogP contribution in [0, 0.1) is 19.8 Å². The highest BCUT2D eigenvalue weighted by Gasteiger charge is 2.14. The predicted octanol–water partition coefficient (Wildman–Crippen LogP) is 1.84. The normalized spacial score (nSPS) is 12.6. The van der Waals surface area contributed by atoms with E-state index < -0.39 is 0 Å². The first kappa shape index (κ1) is 11.0. The number of alkyl halides is 1. The number of hydrogen-bond acceptors (Lipinski definition) is 2. The number of aromatic nitrogens is 2. The quantitative estimate of drug-likeness (QED) is 0.756. The third kappa shape index (κ3) is 2.26. The lowest BCUT2D eigenvalue weighted by atomic mass is 10.2. The predicted molar refractivity (Wildman–Crippen MR) is 56.6 cm³/mol. The minimum atomic E-state index is -0.201. The van der Waals surface area contributed by atoms with Gasteiger partial charge in [0.25, 0.3) is 0 Å². The van der Waals surface area contributed by atoms with Gasteiger partial charge in [-0.2, -0.15) is 5.10 Å². The summed E-state index contributed by atoms with van der Waals surface area (Å²) in [5, 5.41) is 9.49. The summed E-state index contributed by atoms with van der Waals surface area (Å²) in [6.45, 7) is 5.58. The number of nitrogens with zero attached hydrogens (tertiary/aromatic N) is 1. The third-order valence-corrected chi connectivity index (χ3v) is 2.64. The number of rotatable bonds is 3. The molecule has 0 aliphatic rings. The summed E-state index contributed by atoms with van der Waals surface area (Å²) >= 11 is 5.57. The Morgan fingerprint density at radius 2 is 2.29 bits per heavy atom. The van der Waals surface area contributed by atoms with Gasteiger partial charge in [-0.25, -0.2) is 0 Å². The molecule has 0 spiro atoms. The van der Waals surface area contributed by atoms with E-state index in [4.69, 9.17) is 11.6 Å². The first-order valence-electron chi connectivity index (χ1n) is 4.44. The maximum absolute atomic E-state index is 11.5. The van der Waals surface area contributed by atoms with Crippen LogP contribution in [0.25, 0.3) is 0 Å². The average molecular weight is 216 g/mol. The molecule has 0 saturated carbocycles. The number of aryl methyl sites for hydroxylation is 1. The van der Waals surface area contributed by atoms with Crippen molar-refractivity contribution in [2.75, 3.05) is 11.2 Å². The smallest absolute Gasteiger partial charge is 0.229 e. The monoisotopic (exact) mass is 215 g/mol. The van der Waals surface area contributed by atoms with Gasteiger partial charge in [-0.3, -0.25) is 9.89 Å². The second-order valence-corrected chi connectivity index (χ2v) is 3.68. The Hall–Kier alpha value is -1.03. The SMILES string of the molecule is Cc1[nH]nc(NC(=O)C(C)CCl)c1C. The standard InChI is InChI=1S/C9H14ClN3O/c1-5(4-10)9(14)11-8-6(2)7(3)12-13-8/h5H,4H2,1-3H3,(H2,11,12,13,14). The van der Waals surface area contributed by atoms with Crippen molar-refractivity contribution in [3.63, 3.8) is 0 Å². The molecule has 0 aliphatic carbocycles. The minimum Gasteiger partial charge on any atom is -0.309 e. The number of hydrogen-bond donors (Lipinski definition) is 2. The highest BCUT2D eigenvalue weighted by Crippen LogP contribution is 2.14. The van der Waals surface area contributed by atoms with Crippen LogP contribution in [-0.2, 0) is 4.79 Å². The molecule has 0 saturated heterocycles. The number of nitrogens with one attached hydrogen (secondary N) is 2. The molecule has 0 bridgehead atoms. The summed E-state index contributed by atoms with van der Waals surface area (Å²) in [4.78, 5) is 11.5. The van der Waals surface area contributed by atoms with Gasteiger partial charge >= 0.3 is 0 Å². The van der Waals surface area contributed by atoms with Crippen LogP contribution in [0.4, 0.5) is 5.82 Å². The van der Waals surface area contributed by atoms with Crippen LogP contribution in [0.5, 0.6) is 0 Å². The molecule has 1 rings (SSSR count). The molecule has 1 unspecified atom stereocenters. The van der Waals surface area contributed by atoms with E-state index >= 15 is 0 Å². The molecule has 2 N–H and O–H groups in total. The summed E-state index contributed by atoms with van der Waals surface area (Å²) in [5.41, 5.74) is 1.92. The Balaban J connectivity index is 2.70. The van der Waals surface area contributed by atoms with Gasteiger partial charge in [0, 0.05) is 23.1 Å². The zero-order valence-corrected chi connectivity index (χ0v) is 9.27. The maximum atomic E-state index is 11.5. The zero-order chi connectivity index (χ0) is 10.7. The molecular formula is C9H14ClN3O. The summed E-state index contributed by atoms with van der Waals surface area (Å²) in [5.74, 6) is 0.598. The lowest BCUT2D eigenvalue weighted by molar-refractivity contribution is -0.118. The summed E-state index contributed by atoms with van der Waals surface area (Å²) < 4.78 is 0. The van der Waals surface area contributed by atoms with E-state index in [9.17, 15) is 4.79 Å². The highest BCUT2D eigenvalue weighted by atomic mass is 35.5. The molecule has 1 aromatic rings. The number of anilines is 1. The van der Waals surface area contributed by atoms with Crippen molar-refractivity contribution in [1.82, 2.24) is 10.2 Å². The molecule has 0 fully saturated rings. The van der Waals surface area contributed by atoms with Crippen LogP contribution in [0.3, 0.4) is 0 Å². The fourth-order valence-electron chi connectivity index (χ4n) is 0.917. The van der Waals surface area contributed by atoms with Crippen molar-refractivity contribution in [3.8, 4) is 0 Å². The van der Waals surface area contributed by atoms with E-state index in [1.807, 2.05) is 13.8 Å². The van der Waals surface area contributed by atoms with E-state index in [1.54, 1.807) is 6.92 Å². The van der Waals surface area contributed by atoms with Crippen LogP contribution in [0.2, 0.25) is 0 Å². The lowest BCUT2D eigenvalue weighted by Crippen LogP contribution is -2.22. The third-order valence-electron chi connectivity index (χ3n) is 2.17. The number of aromatic amines is 1. The van der Waals surface area contributed by atoms with Crippen LogP contribution in [0.1, 0.15) is 18.2 Å². The topological polar surface area (TPSA) is 57.8 Å². The van der Waals surface area contributed by atoms with Gasteiger partial charge in [0.05, 0.1) is 0 Å². The van der Waals surface area contributed by atoms with Crippen LogP contribution in [-0.4, -0.2) is 22.0 Å². The Bertz CT molecular complexity index is 335. The molecule has 1 atom stereocenters. The number of halogens is 1. The van der Waals surface area contributed by atoms with Gasteiger partial charge in [0.1, 0.15) is 0 Å². The second-order valence-electron chi connectivity index (χ2n) is 3.37. The average Bonchev–Trinajstić information content (AvgIpc) is 2.48. The van der Waals surface area contributed by atoms with Gasteiger partial charge in [0.15, 0.2) is 5.82 Å². The molecule has 1 heterocycles. The van der Waals surface area contributed by atoms with Crippen molar-refractivity contribution in [3.05, 3.63) is 11.3 Å². The summed E-state index contributed by atoms with van der Waals surface area (Å²) in [7, 11) is 0. The first-order valence-corrected chi connectivity index (χ1v) is 4.98. The fraction of sp³-hybridized carbons (Fsp3) is 0.556. The Morgan fingerprint density at radius 3 is 2.71 bits per heavy atom. The molecule has 0 aromatic carbocycles. The molecule has 78 valence electrons. The van der Waals surface area contributed by atoms with Crippen LogP contribution >= 0.6 is 11.6 Å². The molecule has 5 heteroatoms. The van der Waals surface area contributed by atoms with Gasteiger partial charge in [0.2, 0.25) is 5.91 Å². The van der Waals surface area contributed by atoms with Crippen molar-refractivity contribution in [2.45, 2.75) is 20.8 Å². The lowest BCUT2D eigenvalue weighted by Gasteiger charge is -2.07. The van der Waals surface area contributed by atoms with Gasteiger partial charge in [-0.1, -0.05) is 6.92 Å². The highest BCUT2D eigenvalue weighted by molar-refractivity contribution is 6.19. The molecule has 4 nitrogen and oxygen atoms in total.